The summed E-state index contributed by atoms with van der Waals surface area (Å²) in [6, 6.07) is 0.268. The molecule has 1 aromatic heterocycles. The Balaban J connectivity index is 3.00. The molecule has 78 valence electrons. The zero-order chi connectivity index (χ0) is 10.7. The van der Waals surface area contributed by atoms with Gasteiger partial charge in [-0.2, -0.15) is 4.98 Å². The summed E-state index contributed by atoms with van der Waals surface area (Å²) in [5.41, 5.74) is 5.36. The van der Waals surface area contributed by atoms with E-state index in [1.165, 1.54) is 0 Å². The molecule has 5 heteroatoms. The van der Waals surface area contributed by atoms with Crippen LogP contribution in [0.1, 0.15) is 20.8 Å². The monoisotopic (exact) mass is 198 g/mol. The number of nitrogens with zero attached hydrogens (tertiary/aromatic N) is 3. The van der Waals surface area contributed by atoms with Crippen LogP contribution >= 0.6 is 0 Å². The molecule has 0 spiro atoms. The molecule has 0 fully saturated rings. The normalized spacial score (nSPS) is 10.6. The van der Waals surface area contributed by atoms with Gasteiger partial charge in [-0.1, -0.05) is 0 Å². The van der Waals surface area contributed by atoms with Crippen LogP contribution in [0.15, 0.2) is 6.20 Å². The molecule has 0 saturated carbocycles. The van der Waals surface area contributed by atoms with Gasteiger partial charge in [0, 0.05) is 12.6 Å². The number of rotatable bonds is 3. The highest BCUT2D eigenvalue weighted by Crippen LogP contribution is 2.13. The number of nitrogens with two attached hydrogens (primary N) is 1. The van der Waals surface area contributed by atoms with E-state index in [2.05, 4.69) is 9.97 Å². The quantitative estimate of drug-likeness (QED) is 0.798. The van der Waals surface area contributed by atoms with Crippen molar-refractivity contribution in [2.75, 3.05) is 17.2 Å². The summed E-state index contributed by atoms with van der Waals surface area (Å²) in [4.78, 5) is 9.71. The topological polar surface area (TPSA) is 55.0 Å². The molecule has 2 N–H and O–H groups in total. The summed E-state index contributed by atoms with van der Waals surface area (Å²) in [5, 5.41) is 0. The lowest BCUT2D eigenvalue weighted by Gasteiger charge is -2.24. The van der Waals surface area contributed by atoms with E-state index in [0.717, 1.165) is 12.7 Å². The molecule has 1 aromatic rings. The minimum Gasteiger partial charge on any atom is -0.381 e. The van der Waals surface area contributed by atoms with Gasteiger partial charge in [-0.15, -0.1) is 0 Å². The maximum Gasteiger partial charge on any atom is 0.227 e. The molecule has 0 amide bonds. The van der Waals surface area contributed by atoms with Crippen molar-refractivity contribution in [2.24, 2.45) is 0 Å². The van der Waals surface area contributed by atoms with Gasteiger partial charge < -0.3 is 10.6 Å². The van der Waals surface area contributed by atoms with Crippen LogP contribution in [-0.4, -0.2) is 22.6 Å². The number of halogens is 1. The van der Waals surface area contributed by atoms with Crippen LogP contribution in [-0.2, 0) is 0 Å². The van der Waals surface area contributed by atoms with Gasteiger partial charge in [-0.3, -0.25) is 0 Å². The van der Waals surface area contributed by atoms with Gasteiger partial charge in [-0.05, 0) is 20.8 Å². The van der Waals surface area contributed by atoms with Crippen molar-refractivity contribution in [3.8, 4) is 0 Å². The Hall–Kier alpha value is -1.39. The van der Waals surface area contributed by atoms with Crippen molar-refractivity contribution < 1.29 is 4.39 Å². The molecule has 0 aliphatic rings. The Bertz CT molecular complexity index is 314. The van der Waals surface area contributed by atoms with Gasteiger partial charge in [0.05, 0.1) is 6.20 Å². The number of anilines is 2. The van der Waals surface area contributed by atoms with Crippen LogP contribution in [0.3, 0.4) is 0 Å². The van der Waals surface area contributed by atoms with Gasteiger partial charge in [-0.25, -0.2) is 9.37 Å². The van der Waals surface area contributed by atoms with E-state index in [4.69, 9.17) is 5.73 Å². The van der Waals surface area contributed by atoms with Crippen LogP contribution in [0.2, 0.25) is 0 Å². The predicted octanol–water partition coefficient (Wildman–Crippen LogP) is 1.43. The van der Waals surface area contributed by atoms with Gasteiger partial charge in [0.1, 0.15) is 0 Å². The first-order chi connectivity index (χ1) is 6.56. The van der Waals surface area contributed by atoms with Gasteiger partial charge in [0.2, 0.25) is 5.95 Å². The molecule has 1 rings (SSSR count). The summed E-state index contributed by atoms with van der Waals surface area (Å²) >= 11 is 0. The lowest BCUT2D eigenvalue weighted by molar-refractivity contribution is 0.612. The molecule has 1 heterocycles. The molecule has 0 radical (unpaired) electrons. The van der Waals surface area contributed by atoms with Crippen LogP contribution < -0.4 is 10.6 Å². The van der Waals surface area contributed by atoms with Gasteiger partial charge in [0.25, 0.3) is 0 Å². The Morgan fingerprint density at radius 1 is 1.57 bits per heavy atom. The fourth-order valence-corrected chi connectivity index (χ4v) is 1.25. The first kappa shape index (κ1) is 10.7. The van der Waals surface area contributed by atoms with Crippen LogP contribution in [0, 0.1) is 5.82 Å². The second-order valence-corrected chi connectivity index (χ2v) is 3.28. The smallest absolute Gasteiger partial charge is 0.227 e. The summed E-state index contributed by atoms with van der Waals surface area (Å²) < 4.78 is 12.8. The summed E-state index contributed by atoms with van der Waals surface area (Å²) in [7, 11) is 0. The lowest BCUT2D eigenvalue weighted by atomic mass is 10.3. The minimum absolute atomic E-state index is 0.103. The van der Waals surface area contributed by atoms with Crippen molar-refractivity contribution in [3.63, 3.8) is 0 Å². The molecule has 0 aromatic carbocycles. The standard InChI is InChI=1S/C9H15FN4/c1-4-14(6(2)3)9-12-5-7(10)8(11)13-9/h5-6H,4H2,1-3H3,(H2,11,12,13). The van der Waals surface area contributed by atoms with E-state index >= 15 is 0 Å². The van der Waals surface area contributed by atoms with E-state index in [-0.39, 0.29) is 11.9 Å². The molecule has 0 saturated heterocycles. The zero-order valence-corrected chi connectivity index (χ0v) is 8.66. The fourth-order valence-electron chi connectivity index (χ4n) is 1.25. The van der Waals surface area contributed by atoms with Crippen LogP contribution in [0.25, 0.3) is 0 Å². The first-order valence-corrected chi connectivity index (χ1v) is 4.61. The molecule has 0 unspecified atom stereocenters. The van der Waals surface area contributed by atoms with E-state index < -0.39 is 5.82 Å². The largest absolute Gasteiger partial charge is 0.381 e. The molecule has 0 bridgehead atoms. The third-order valence-corrected chi connectivity index (χ3v) is 1.98. The van der Waals surface area contributed by atoms with Gasteiger partial charge in [0.15, 0.2) is 11.6 Å². The summed E-state index contributed by atoms with van der Waals surface area (Å²) in [5.74, 6) is -0.205. The fraction of sp³-hybridized carbons (Fsp3) is 0.556. The molecule has 0 aliphatic carbocycles. The van der Waals surface area contributed by atoms with Gasteiger partial charge >= 0.3 is 0 Å². The van der Waals surface area contributed by atoms with Crippen molar-refractivity contribution in [3.05, 3.63) is 12.0 Å². The van der Waals surface area contributed by atoms with Crippen molar-refractivity contribution in [1.29, 1.82) is 0 Å². The number of hydrogen-bond donors (Lipinski definition) is 1. The molecule has 0 atom stereocenters. The van der Waals surface area contributed by atoms with Crippen molar-refractivity contribution in [1.82, 2.24) is 9.97 Å². The van der Waals surface area contributed by atoms with E-state index in [9.17, 15) is 4.39 Å². The van der Waals surface area contributed by atoms with Crippen LogP contribution in [0.4, 0.5) is 16.2 Å². The molecule has 0 aliphatic heterocycles. The highest BCUT2D eigenvalue weighted by molar-refractivity contribution is 5.39. The predicted molar refractivity (Wildman–Crippen MR) is 54.6 cm³/mol. The van der Waals surface area contributed by atoms with Crippen LogP contribution in [0.5, 0.6) is 0 Å². The maximum atomic E-state index is 12.8. The average molecular weight is 198 g/mol. The Morgan fingerprint density at radius 2 is 2.21 bits per heavy atom. The Morgan fingerprint density at radius 3 is 2.64 bits per heavy atom. The first-order valence-electron chi connectivity index (χ1n) is 4.61. The molecule has 4 nitrogen and oxygen atoms in total. The van der Waals surface area contributed by atoms with E-state index in [1.54, 1.807) is 0 Å². The summed E-state index contributed by atoms with van der Waals surface area (Å²) in [6.45, 7) is 6.80. The molecular formula is C9H15FN4. The highest BCUT2D eigenvalue weighted by Gasteiger charge is 2.12. The Labute approximate surface area is 83.0 Å². The highest BCUT2D eigenvalue weighted by atomic mass is 19.1. The average Bonchev–Trinajstić information content (AvgIpc) is 2.11. The van der Waals surface area contributed by atoms with Crippen molar-refractivity contribution >= 4 is 11.8 Å². The molecular weight excluding hydrogens is 183 g/mol. The second-order valence-electron chi connectivity index (χ2n) is 3.28. The third-order valence-electron chi connectivity index (χ3n) is 1.98. The van der Waals surface area contributed by atoms with E-state index in [0.29, 0.717) is 5.95 Å². The number of hydrogen-bond acceptors (Lipinski definition) is 4. The third kappa shape index (κ3) is 2.10. The SMILES string of the molecule is CCN(c1ncc(F)c(N)n1)C(C)C. The van der Waals surface area contributed by atoms with Crippen molar-refractivity contribution in [2.45, 2.75) is 26.8 Å². The minimum atomic E-state index is -0.575. The molecule has 14 heavy (non-hydrogen) atoms. The maximum absolute atomic E-state index is 12.8. The second kappa shape index (κ2) is 4.21. The Kier molecular flexibility index (Phi) is 3.22. The lowest BCUT2D eigenvalue weighted by Crippen LogP contribution is -2.32. The zero-order valence-electron chi connectivity index (χ0n) is 8.66. The van der Waals surface area contributed by atoms with E-state index in [1.807, 2.05) is 25.7 Å². The number of nitrogen functional groups attached to an aromatic ring is 1. The number of aromatic nitrogens is 2. The summed E-state index contributed by atoms with van der Waals surface area (Å²) in [6.07, 6.45) is 1.10.